The van der Waals surface area contributed by atoms with Crippen LogP contribution in [-0.4, -0.2) is 26.3 Å². The van der Waals surface area contributed by atoms with Crippen LogP contribution < -0.4 is 8.92 Å². The molecule has 0 aromatic heterocycles. The van der Waals surface area contributed by atoms with E-state index in [0.717, 1.165) is 5.02 Å². The molecule has 0 unspecified atom stereocenters. The molecule has 0 spiro atoms. The Labute approximate surface area is 112 Å². The van der Waals surface area contributed by atoms with Crippen molar-refractivity contribution in [3.63, 3.8) is 0 Å². The van der Waals surface area contributed by atoms with Gasteiger partial charge in [-0.2, -0.15) is 0 Å². The van der Waals surface area contributed by atoms with E-state index in [1.54, 1.807) is 0 Å². The molecule has 0 amide bonds. The molecule has 0 nitrogen and oxygen atoms in total. The Morgan fingerprint density at radius 2 is 1.19 bits per heavy atom. The predicted molar refractivity (Wildman–Crippen MR) is 73.4 cm³/mol. The van der Waals surface area contributed by atoms with Crippen molar-refractivity contribution >= 4 is 46.8 Å². The first kappa shape index (κ1) is 12.2. The van der Waals surface area contributed by atoms with Crippen molar-refractivity contribution < 1.29 is 0 Å². The zero-order valence-electron chi connectivity index (χ0n) is 8.81. The van der Waals surface area contributed by atoms with E-state index in [9.17, 15) is 0 Å². The fraction of sp³-hybridized carbons (Fsp3) is 0.0769. The molecule has 2 aromatic rings. The quantitative estimate of drug-likeness (QED) is 0.734. The fourth-order valence-electron chi connectivity index (χ4n) is 1.18. The summed E-state index contributed by atoms with van der Waals surface area (Å²) in [4.78, 5) is 0. The summed E-state index contributed by atoms with van der Waals surface area (Å²) < 4.78 is 2.91. The SMILES string of the molecule is Cc1ccc([Se][Se]c2ccc(Cl)cc2)cc1. The van der Waals surface area contributed by atoms with Crippen LogP contribution >= 0.6 is 11.6 Å². The standard InChI is InChI=1S/C13H11ClSe2/c1-10-2-6-12(7-3-10)15-16-13-8-4-11(14)5-9-13/h2-9H,1H3. The summed E-state index contributed by atoms with van der Waals surface area (Å²) in [6.45, 7) is 2.13. The van der Waals surface area contributed by atoms with Crippen LogP contribution in [0.15, 0.2) is 48.5 Å². The molecule has 0 aliphatic heterocycles. The number of rotatable bonds is 3. The average molecular weight is 361 g/mol. The summed E-state index contributed by atoms with van der Waals surface area (Å²) in [5.74, 6) is 0. The van der Waals surface area contributed by atoms with E-state index in [4.69, 9.17) is 11.6 Å². The third kappa shape index (κ3) is 3.66. The second kappa shape index (κ2) is 5.91. The second-order valence-electron chi connectivity index (χ2n) is 3.43. The maximum atomic E-state index is 5.86. The van der Waals surface area contributed by atoms with Gasteiger partial charge in [-0.25, -0.2) is 0 Å². The van der Waals surface area contributed by atoms with Gasteiger partial charge < -0.3 is 0 Å². The van der Waals surface area contributed by atoms with Gasteiger partial charge in [0.05, 0.1) is 0 Å². The Balaban J connectivity index is 1.97. The third-order valence-electron chi connectivity index (χ3n) is 2.07. The first-order valence-electron chi connectivity index (χ1n) is 4.91. The van der Waals surface area contributed by atoms with Crippen LogP contribution in [0.4, 0.5) is 0 Å². The Kier molecular flexibility index (Phi) is 4.52. The summed E-state index contributed by atoms with van der Waals surface area (Å²) >= 11 is 7.00. The van der Waals surface area contributed by atoms with Crippen LogP contribution in [0, 0.1) is 6.92 Å². The number of hydrogen-bond acceptors (Lipinski definition) is 0. The monoisotopic (exact) mass is 362 g/mol. The number of benzene rings is 2. The number of hydrogen-bond donors (Lipinski definition) is 0. The molecule has 3 heteroatoms. The Morgan fingerprint density at radius 1 is 0.750 bits per heavy atom. The van der Waals surface area contributed by atoms with Gasteiger partial charge in [0.1, 0.15) is 0 Å². The van der Waals surface area contributed by atoms with E-state index in [1.165, 1.54) is 14.5 Å². The Hall–Kier alpha value is -0.231. The summed E-state index contributed by atoms with van der Waals surface area (Å²) in [7, 11) is 0. The molecule has 0 bridgehead atoms. The van der Waals surface area contributed by atoms with Crippen molar-refractivity contribution in [1.82, 2.24) is 0 Å². The van der Waals surface area contributed by atoms with Crippen molar-refractivity contribution in [1.29, 1.82) is 0 Å². The van der Waals surface area contributed by atoms with Gasteiger partial charge in [0.2, 0.25) is 0 Å². The molecule has 82 valence electrons. The molecule has 0 atom stereocenters. The Morgan fingerprint density at radius 3 is 1.69 bits per heavy atom. The number of halogens is 1. The molecule has 0 aliphatic carbocycles. The number of aryl methyl sites for hydroxylation is 1. The van der Waals surface area contributed by atoms with E-state index in [0.29, 0.717) is 26.3 Å². The molecule has 0 saturated carbocycles. The molecule has 16 heavy (non-hydrogen) atoms. The molecule has 0 heterocycles. The first-order valence-corrected chi connectivity index (χ1v) is 11.3. The van der Waals surface area contributed by atoms with E-state index in [1.807, 2.05) is 12.1 Å². The van der Waals surface area contributed by atoms with Crippen LogP contribution in [0.1, 0.15) is 5.56 Å². The van der Waals surface area contributed by atoms with Crippen molar-refractivity contribution in [2.24, 2.45) is 0 Å². The van der Waals surface area contributed by atoms with Crippen LogP contribution in [0.25, 0.3) is 0 Å². The maximum absolute atomic E-state index is 5.86. The molecular weight excluding hydrogens is 350 g/mol. The molecule has 0 saturated heterocycles. The van der Waals surface area contributed by atoms with Gasteiger partial charge in [-0.05, 0) is 0 Å². The van der Waals surface area contributed by atoms with E-state index in [2.05, 4.69) is 43.3 Å². The van der Waals surface area contributed by atoms with E-state index < -0.39 is 0 Å². The van der Waals surface area contributed by atoms with Gasteiger partial charge in [0, 0.05) is 0 Å². The van der Waals surface area contributed by atoms with Gasteiger partial charge in [-0.15, -0.1) is 0 Å². The molecule has 0 N–H and O–H groups in total. The van der Waals surface area contributed by atoms with E-state index in [-0.39, 0.29) is 0 Å². The second-order valence-corrected chi connectivity index (χ2v) is 10.2. The average Bonchev–Trinajstić information content (AvgIpc) is 2.30. The summed E-state index contributed by atoms with van der Waals surface area (Å²) in [6, 6.07) is 17.1. The van der Waals surface area contributed by atoms with Gasteiger partial charge in [-0.1, -0.05) is 0 Å². The van der Waals surface area contributed by atoms with Gasteiger partial charge in [0.25, 0.3) is 0 Å². The van der Waals surface area contributed by atoms with Crippen LogP contribution in [0.5, 0.6) is 0 Å². The fourth-order valence-corrected chi connectivity index (χ4v) is 7.27. The molecule has 0 aliphatic rings. The topological polar surface area (TPSA) is 0 Å². The third-order valence-corrected chi connectivity index (χ3v) is 9.55. The van der Waals surface area contributed by atoms with Crippen molar-refractivity contribution in [2.75, 3.05) is 0 Å². The normalized spacial score (nSPS) is 10.4. The van der Waals surface area contributed by atoms with Crippen LogP contribution in [0.3, 0.4) is 0 Å². The van der Waals surface area contributed by atoms with Crippen molar-refractivity contribution in [3.8, 4) is 0 Å². The minimum atomic E-state index is 0.562. The van der Waals surface area contributed by atoms with Crippen LogP contribution in [0.2, 0.25) is 5.02 Å². The molecule has 0 radical (unpaired) electrons. The molecule has 0 fully saturated rings. The predicted octanol–water partition coefficient (Wildman–Crippen LogP) is 1.92. The minimum absolute atomic E-state index is 0.562. The summed E-state index contributed by atoms with van der Waals surface area (Å²) in [5, 5.41) is 0.822. The van der Waals surface area contributed by atoms with E-state index >= 15 is 0 Å². The van der Waals surface area contributed by atoms with Crippen molar-refractivity contribution in [3.05, 3.63) is 59.1 Å². The molecule has 2 rings (SSSR count). The first-order chi connectivity index (χ1) is 7.74. The molecule has 2 aromatic carbocycles. The van der Waals surface area contributed by atoms with Gasteiger partial charge in [0.15, 0.2) is 0 Å². The zero-order chi connectivity index (χ0) is 11.4. The van der Waals surface area contributed by atoms with Gasteiger partial charge in [-0.3, -0.25) is 0 Å². The Bertz CT molecular complexity index is 403. The van der Waals surface area contributed by atoms with Gasteiger partial charge >= 0.3 is 113 Å². The van der Waals surface area contributed by atoms with Crippen molar-refractivity contribution in [2.45, 2.75) is 6.92 Å². The zero-order valence-corrected chi connectivity index (χ0v) is 13.0. The van der Waals surface area contributed by atoms with Crippen LogP contribution in [-0.2, 0) is 0 Å². The summed E-state index contributed by atoms with van der Waals surface area (Å²) in [5.41, 5.74) is 1.33. The summed E-state index contributed by atoms with van der Waals surface area (Å²) in [6.07, 6.45) is 0. The molecular formula is C13H11ClSe2.